The van der Waals surface area contributed by atoms with Crippen molar-refractivity contribution in [3.05, 3.63) is 24.3 Å². The number of hydrogen-bond donors (Lipinski definition) is 2. The number of carboxylic acid groups (broad SMARTS) is 1. The van der Waals surface area contributed by atoms with Crippen molar-refractivity contribution in [2.45, 2.75) is 11.4 Å². The largest absolute Gasteiger partial charge is 0.479 e. The fraction of sp³-hybridized carbons (Fsp3) is 0.286. The summed E-state index contributed by atoms with van der Waals surface area (Å²) in [5.41, 5.74) is -1.51. The van der Waals surface area contributed by atoms with E-state index in [0.717, 1.165) is 0 Å². The van der Waals surface area contributed by atoms with E-state index in [2.05, 4.69) is 0 Å². The molecule has 2 unspecified atom stereocenters. The number of aliphatic hydroxyl groups is 1. The molecule has 0 aromatic carbocycles. The molecule has 2 atom stereocenters. The maximum atomic E-state index is 10.6. The monoisotopic (exact) mass is 154 g/mol. The van der Waals surface area contributed by atoms with Gasteiger partial charge in [0.2, 0.25) is 11.4 Å². The Morgan fingerprint density at radius 1 is 1.36 bits per heavy atom. The quantitative estimate of drug-likeness (QED) is 0.506. The molecule has 1 fully saturated rings. The maximum absolute atomic E-state index is 10.6. The number of carboxylic acids is 1. The molecule has 2 aliphatic rings. The molecule has 0 aromatic rings. The summed E-state index contributed by atoms with van der Waals surface area (Å²) < 4.78 is 4.70. The molecule has 0 bridgehead atoms. The van der Waals surface area contributed by atoms with Gasteiger partial charge in [0.25, 0.3) is 0 Å². The summed E-state index contributed by atoms with van der Waals surface area (Å²) in [4.78, 5) is 10.6. The van der Waals surface area contributed by atoms with E-state index in [-0.39, 0.29) is 0 Å². The first-order valence-electron chi connectivity index (χ1n) is 3.14. The minimum atomic E-state index is -1.60. The second-order valence-electron chi connectivity index (χ2n) is 2.56. The average Bonchev–Trinajstić information content (AvgIpc) is 2.56. The summed E-state index contributed by atoms with van der Waals surface area (Å²) in [6.45, 7) is 0. The molecule has 1 saturated heterocycles. The van der Waals surface area contributed by atoms with Crippen molar-refractivity contribution < 1.29 is 19.7 Å². The predicted octanol–water partition coefficient (Wildman–Crippen LogP) is -0.345. The van der Waals surface area contributed by atoms with Crippen molar-refractivity contribution in [2.24, 2.45) is 0 Å². The van der Waals surface area contributed by atoms with E-state index < -0.39 is 17.4 Å². The van der Waals surface area contributed by atoms with Crippen LogP contribution in [0, 0.1) is 0 Å². The first-order valence-corrected chi connectivity index (χ1v) is 3.14. The van der Waals surface area contributed by atoms with Crippen LogP contribution in [-0.4, -0.2) is 27.6 Å². The molecule has 2 N–H and O–H groups in total. The third kappa shape index (κ3) is 0.580. The molecule has 0 saturated carbocycles. The Morgan fingerprint density at radius 3 is 2.45 bits per heavy atom. The second-order valence-corrected chi connectivity index (χ2v) is 2.56. The number of allylic oxidation sites excluding steroid dienone is 2. The standard InChI is InChI=1S/C7H6O4/c8-5(9)6-3-1-2-4-7(6,10)11-6/h1-4,10H,(H,8,9). The lowest BCUT2D eigenvalue weighted by molar-refractivity contribution is -0.141. The van der Waals surface area contributed by atoms with Crippen LogP contribution < -0.4 is 0 Å². The molecule has 0 radical (unpaired) electrons. The molecule has 2 rings (SSSR count). The van der Waals surface area contributed by atoms with Gasteiger partial charge in [0, 0.05) is 0 Å². The Hall–Kier alpha value is -1.13. The third-order valence-electron chi connectivity index (χ3n) is 1.89. The van der Waals surface area contributed by atoms with Gasteiger partial charge >= 0.3 is 5.97 Å². The van der Waals surface area contributed by atoms with Crippen molar-refractivity contribution in [1.29, 1.82) is 0 Å². The third-order valence-corrected chi connectivity index (χ3v) is 1.89. The van der Waals surface area contributed by atoms with E-state index in [1.165, 1.54) is 18.2 Å². The Bertz CT molecular complexity index is 280. The molecule has 0 amide bonds. The van der Waals surface area contributed by atoms with Crippen molar-refractivity contribution in [2.75, 3.05) is 0 Å². The SMILES string of the molecule is O=C(O)C12C=CC=CC1(O)O2. The molecule has 58 valence electrons. The average molecular weight is 154 g/mol. The van der Waals surface area contributed by atoms with Gasteiger partial charge in [0.1, 0.15) is 0 Å². The van der Waals surface area contributed by atoms with E-state index in [1.807, 2.05) is 0 Å². The molecule has 4 heteroatoms. The van der Waals surface area contributed by atoms with Gasteiger partial charge in [-0.3, -0.25) is 0 Å². The van der Waals surface area contributed by atoms with Gasteiger partial charge in [-0.2, -0.15) is 0 Å². The lowest BCUT2D eigenvalue weighted by Gasteiger charge is -2.05. The summed E-state index contributed by atoms with van der Waals surface area (Å²) >= 11 is 0. The van der Waals surface area contributed by atoms with Crippen LogP contribution >= 0.6 is 0 Å². The zero-order valence-corrected chi connectivity index (χ0v) is 5.52. The summed E-state index contributed by atoms with van der Waals surface area (Å²) in [6, 6.07) is 0. The molecule has 0 aromatic heterocycles. The van der Waals surface area contributed by atoms with Gasteiger partial charge in [-0.25, -0.2) is 4.79 Å². The summed E-state index contributed by atoms with van der Waals surface area (Å²) in [5, 5.41) is 18.0. The molecular weight excluding hydrogens is 148 g/mol. The lowest BCUT2D eigenvalue weighted by Crippen LogP contribution is -2.32. The number of rotatable bonds is 1. The van der Waals surface area contributed by atoms with Crippen LogP contribution in [0.2, 0.25) is 0 Å². The highest BCUT2D eigenvalue weighted by atomic mass is 16.8. The maximum Gasteiger partial charge on any atom is 0.346 e. The predicted molar refractivity (Wildman–Crippen MR) is 34.7 cm³/mol. The first-order chi connectivity index (χ1) is 5.11. The minimum Gasteiger partial charge on any atom is -0.479 e. The Balaban J connectivity index is 2.41. The minimum absolute atomic E-state index is 1.17. The summed E-state index contributed by atoms with van der Waals surface area (Å²) in [6.07, 6.45) is 5.74. The number of epoxide rings is 1. The summed E-state index contributed by atoms with van der Waals surface area (Å²) in [5.74, 6) is -2.77. The van der Waals surface area contributed by atoms with E-state index in [4.69, 9.17) is 9.84 Å². The topological polar surface area (TPSA) is 70.1 Å². The second kappa shape index (κ2) is 1.54. The van der Waals surface area contributed by atoms with E-state index in [9.17, 15) is 9.90 Å². The summed E-state index contributed by atoms with van der Waals surface area (Å²) in [7, 11) is 0. The van der Waals surface area contributed by atoms with Crippen LogP contribution in [0.5, 0.6) is 0 Å². The molecule has 4 nitrogen and oxygen atoms in total. The van der Waals surface area contributed by atoms with E-state index in [0.29, 0.717) is 0 Å². The van der Waals surface area contributed by atoms with Crippen LogP contribution in [0.3, 0.4) is 0 Å². The van der Waals surface area contributed by atoms with Gasteiger partial charge in [0.15, 0.2) is 0 Å². The molecule has 1 heterocycles. The smallest absolute Gasteiger partial charge is 0.346 e. The van der Waals surface area contributed by atoms with Crippen molar-refractivity contribution >= 4 is 5.97 Å². The van der Waals surface area contributed by atoms with E-state index in [1.54, 1.807) is 6.08 Å². The lowest BCUT2D eigenvalue weighted by atomic mass is 9.98. The highest BCUT2D eigenvalue weighted by Crippen LogP contribution is 2.50. The van der Waals surface area contributed by atoms with Crippen LogP contribution in [0.15, 0.2) is 24.3 Å². The van der Waals surface area contributed by atoms with Crippen molar-refractivity contribution in [3.63, 3.8) is 0 Å². The highest BCUT2D eigenvalue weighted by Gasteiger charge is 2.73. The number of fused-ring (bicyclic) bond motifs is 1. The zero-order valence-electron chi connectivity index (χ0n) is 5.52. The van der Waals surface area contributed by atoms with Gasteiger partial charge < -0.3 is 14.9 Å². The highest BCUT2D eigenvalue weighted by molar-refractivity contribution is 5.86. The fourth-order valence-corrected chi connectivity index (χ4v) is 1.18. The number of ether oxygens (including phenoxy) is 1. The van der Waals surface area contributed by atoms with Crippen molar-refractivity contribution in [3.8, 4) is 0 Å². The van der Waals surface area contributed by atoms with Gasteiger partial charge in [-0.15, -0.1) is 0 Å². The fourth-order valence-electron chi connectivity index (χ4n) is 1.18. The van der Waals surface area contributed by atoms with Crippen LogP contribution in [-0.2, 0) is 9.53 Å². The van der Waals surface area contributed by atoms with Crippen LogP contribution in [0.25, 0.3) is 0 Å². The molecule has 1 aliphatic heterocycles. The Kier molecular flexibility index (Phi) is 0.922. The number of carbonyl (C=O) groups is 1. The molecule has 11 heavy (non-hydrogen) atoms. The Labute approximate surface area is 62.4 Å². The Morgan fingerprint density at radius 2 is 2.00 bits per heavy atom. The van der Waals surface area contributed by atoms with Crippen LogP contribution in [0.4, 0.5) is 0 Å². The normalized spacial score (nSPS) is 45.2. The molecule has 1 aliphatic carbocycles. The zero-order chi connectivity index (χ0) is 8.11. The number of aliphatic carboxylic acids is 1. The molecular formula is C7H6O4. The van der Waals surface area contributed by atoms with Crippen LogP contribution in [0.1, 0.15) is 0 Å². The van der Waals surface area contributed by atoms with Crippen molar-refractivity contribution in [1.82, 2.24) is 0 Å². The van der Waals surface area contributed by atoms with E-state index >= 15 is 0 Å². The van der Waals surface area contributed by atoms with Gasteiger partial charge in [-0.1, -0.05) is 12.2 Å². The van der Waals surface area contributed by atoms with Gasteiger partial charge in [-0.05, 0) is 12.2 Å². The number of hydrogen-bond acceptors (Lipinski definition) is 3. The molecule has 0 spiro atoms. The van der Waals surface area contributed by atoms with Gasteiger partial charge in [0.05, 0.1) is 0 Å². The first kappa shape index (κ1) is 6.57.